The molecule has 1 rings (SSSR count). The Kier molecular flexibility index (Phi) is 5.01. The zero-order chi connectivity index (χ0) is 12.0. The first-order valence-electron chi connectivity index (χ1n) is 4.66. The van der Waals surface area contributed by atoms with E-state index in [0.29, 0.717) is 24.5 Å². The lowest BCUT2D eigenvalue weighted by Crippen LogP contribution is -2.10. The molecule has 0 saturated heterocycles. The van der Waals surface area contributed by atoms with Gasteiger partial charge in [-0.1, -0.05) is 11.6 Å². The second-order valence-electron chi connectivity index (χ2n) is 2.97. The summed E-state index contributed by atoms with van der Waals surface area (Å²) in [6, 6.07) is 3.03. The van der Waals surface area contributed by atoms with Gasteiger partial charge in [-0.2, -0.15) is 0 Å². The lowest BCUT2D eigenvalue weighted by Gasteiger charge is -2.07. The van der Waals surface area contributed by atoms with Gasteiger partial charge in [-0.05, 0) is 12.1 Å². The summed E-state index contributed by atoms with van der Waals surface area (Å²) in [4.78, 5) is 15.3. The second-order valence-corrected chi connectivity index (χ2v) is 3.36. The first-order chi connectivity index (χ1) is 7.67. The van der Waals surface area contributed by atoms with Crippen LogP contribution in [0.2, 0.25) is 5.15 Å². The number of halogens is 1. The zero-order valence-electron chi connectivity index (χ0n) is 9.12. The molecule has 0 fully saturated rings. The van der Waals surface area contributed by atoms with E-state index in [1.807, 2.05) is 0 Å². The van der Waals surface area contributed by atoms with E-state index in [1.165, 1.54) is 13.2 Å². The van der Waals surface area contributed by atoms with Crippen LogP contribution in [0.25, 0.3) is 0 Å². The van der Waals surface area contributed by atoms with Crippen LogP contribution in [0.1, 0.15) is 10.4 Å². The van der Waals surface area contributed by atoms with Crippen molar-refractivity contribution in [2.75, 3.05) is 32.7 Å². The number of anilines is 1. The average Bonchev–Trinajstić information content (AvgIpc) is 2.27. The number of rotatable bonds is 5. The smallest absolute Gasteiger partial charge is 0.338 e. The van der Waals surface area contributed by atoms with Crippen molar-refractivity contribution in [1.29, 1.82) is 0 Å². The van der Waals surface area contributed by atoms with Gasteiger partial charge >= 0.3 is 5.97 Å². The third kappa shape index (κ3) is 3.67. The van der Waals surface area contributed by atoms with E-state index in [-0.39, 0.29) is 5.15 Å². The molecule has 0 atom stereocenters. The van der Waals surface area contributed by atoms with Crippen molar-refractivity contribution < 1.29 is 14.3 Å². The van der Waals surface area contributed by atoms with Crippen LogP contribution in [0, 0.1) is 0 Å². The summed E-state index contributed by atoms with van der Waals surface area (Å²) in [6.07, 6.45) is 0. The maximum absolute atomic E-state index is 11.3. The number of aromatic nitrogens is 1. The number of ether oxygens (including phenoxy) is 2. The fourth-order valence-corrected chi connectivity index (χ4v) is 1.31. The predicted molar refractivity (Wildman–Crippen MR) is 61.0 cm³/mol. The molecule has 88 valence electrons. The number of esters is 1. The molecule has 0 unspecified atom stereocenters. The van der Waals surface area contributed by atoms with Gasteiger partial charge in [-0.15, -0.1) is 0 Å². The molecule has 1 aromatic heterocycles. The third-order valence-electron chi connectivity index (χ3n) is 1.83. The molecule has 0 aromatic carbocycles. The minimum atomic E-state index is -0.445. The lowest BCUT2D eigenvalue weighted by molar-refractivity contribution is 0.0600. The zero-order valence-corrected chi connectivity index (χ0v) is 9.87. The molecule has 16 heavy (non-hydrogen) atoms. The van der Waals surface area contributed by atoms with E-state index in [0.717, 1.165) is 0 Å². The minimum absolute atomic E-state index is 0.239. The quantitative estimate of drug-likeness (QED) is 0.484. The van der Waals surface area contributed by atoms with Gasteiger partial charge < -0.3 is 14.8 Å². The fraction of sp³-hybridized carbons (Fsp3) is 0.400. The topological polar surface area (TPSA) is 60.5 Å². The van der Waals surface area contributed by atoms with E-state index < -0.39 is 5.97 Å². The number of carbonyl (C=O) groups is 1. The summed E-state index contributed by atoms with van der Waals surface area (Å²) in [6.45, 7) is 1.13. The van der Waals surface area contributed by atoms with Crippen molar-refractivity contribution in [2.45, 2.75) is 0 Å². The summed E-state index contributed by atoms with van der Waals surface area (Å²) in [5.74, 6) is 0.0732. The first kappa shape index (κ1) is 12.7. The Hall–Kier alpha value is -1.33. The molecule has 0 aliphatic rings. The molecule has 1 N–H and O–H groups in total. The minimum Gasteiger partial charge on any atom is -0.465 e. The number of hydrogen-bond acceptors (Lipinski definition) is 5. The molecule has 0 bridgehead atoms. The first-order valence-corrected chi connectivity index (χ1v) is 5.04. The SMILES string of the molecule is COCCNc1cc(C(=O)OC)cc(Cl)n1. The van der Waals surface area contributed by atoms with Gasteiger partial charge in [0.2, 0.25) is 0 Å². The van der Waals surface area contributed by atoms with Gasteiger partial charge in [-0.3, -0.25) is 0 Å². The van der Waals surface area contributed by atoms with Crippen molar-refractivity contribution in [1.82, 2.24) is 4.98 Å². The van der Waals surface area contributed by atoms with E-state index in [9.17, 15) is 4.79 Å². The van der Waals surface area contributed by atoms with Crippen molar-refractivity contribution in [3.63, 3.8) is 0 Å². The van der Waals surface area contributed by atoms with Gasteiger partial charge in [0, 0.05) is 13.7 Å². The largest absolute Gasteiger partial charge is 0.465 e. The highest BCUT2D eigenvalue weighted by Crippen LogP contribution is 2.15. The van der Waals surface area contributed by atoms with E-state index in [4.69, 9.17) is 16.3 Å². The van der Waals surface area contributed by atoms with Crippen molar-refractivity contribution in [3.8, 4) is 0 Å². The molecular weight excluding hydrogens is 232 g/mol. The molecule has 1 aromatic rings. The van der Waals surface area contributed by atoms with Crippen LogP contribution in [0.15, 0.2) is 12.1 Å². The monoisotopic (exact) mass is 244 g/mol. The Morgan fingerprint density at radius 2 is 2.25 bits per heavy atom. The lowest BCUT2D eigenvalue weighted by atomic mass is 10.2. The number of nitrogens with one attached hydrogen (secondary N) is 1. The van der Waals surface area contributed by atoms with Crippen LogP contribution < -0.4 is 5.32 Å². The van der Waals surface area contributed by atoms with Crippen molar-refractivity contribution in [3.05, 3.63) is 22.8 Å². The summed E-state index contributed by atoms with van der Waals surface area (Å²) in [5, 5.41) is 3.22. The maximum atomic E-state index is 11.3. The number of carbonyl (C=O) groups excluding carboxylic acids is 1. The number of pyridine rings is 1. The summed E-state index contributed by atoms with van der Waals surface area (Å²) < 4.78 is 9.47. The Morgan fingerprint density at radius 1 is 1.50 bits per heavy atom. The Morgan fingerprint density at radius 3 is 2.88 bits per heavy atom. The van der Waals surface area contributed by atoms with Crippen LogP contribution >= 0.6 is 11.6 Å². The van der Waals surface area contributed by atoms with E-state index in [1.54, 1.807) is 13.2 Å². The van der Waals surface area contributed by atoms with Crippen LogP contribution in [0.5, 0.6) is 0 Å². The van der Waals surface area contributed by atoms with Gasteiger partial charge in [0.1, 0.15) is 11.0 Å². The molecule has 0 aliphatic carbocycles. The summed E-state index contributed by atoms with van der Waals surface area (Å²) in [5.41, 5.74) is 0.363. The van der Waals surface area contributed by atoms with Crippen molar-refractivity contribution in [2.24, 2.45) is 0 Å². The Labute approximate surface area is 98.7 Å². The second kappa shape index (κ2) is 6.30. The molecule has 0 saturated carbocycles. The number of methoxy groups -OCH3 is 2. The van der Waals surface area contributed by atoms with Crippen LogP contribution in [-0.2, 0) is 9.47 Å². The Bertz CT molecular complexity index is 371. The molecule has 5 nitrogen and oxygen atoms in total. The molecule has 0 amide bonds. The third-order valence-corrected chi connectivity index (χ3v) is 2.02. The highest BCUT2D eigenvalue weighted by Gasteiger charge is 2.08. The normalized spacial score (nSPS) is 9.94. The van der Waals surface area contributed by atoms with Crippen LogP contribution in [0.4, 0.5) is 5.82 Å². The standard InChI is InChI=1S/C10H13ClN2O3/c1-15-4-3-12-9-6-7(10(14)16-2)5-8(11)13-9/h5-6H,3-4H2,1-2H3,(H,12,13). The van der Waals surface area contributed by atoms with Gasteiger partial charge in [0.25, 0.3) is 0 Å². The van der Waals surface area contributed by atoms with Crippen LogP contribution in [-0.4, -0.2) is 38.3 Å². The molecule has 0 radical (unpaired) electrons. The molecule has 0 aliphatic heterocycles. The molecule has 6 heteroatoms. The molecule has 0 spiro atoms. The van der Waals surface area contributed by atoms with E-state index >= 15 is 0 Å². The molecule has 1 heterocycles. The summed E-state index contributed by atoms with van der Waals surface area (Å²) >= 11 is 5.77. The summed E-state index contributed by atoms with van der Waals surface area (Å²) in [7, 11) is 2.92. The van der Waals surface area contributed by atoms with Gasteiger partial charge in [0.15, 0.2) is 0 Å². The maximum Gasteiger partial charge on any atom is 0.338 e. The average molecular weight is 245 g/mol. The van der Waals surface area contributed by atoms with Crippen molar-refractivity contribution >= 4 is 23.4 Å². The van der Waals surface area contributed by atoms with Gasteiger partial charge in [-0.25, -0.2) is 9.78 Å². The Balaban J connectivity index is 2.77. The number of nitrogens with zero attached hydrogens (tertiary/aromatic N) is 1. The fourth-order valence-electron chi connectivity index (χ4n) is 1.10. The van der Waals surface area contributed by atoms with Crippen LogP contribution in [0.3, 0.4) is 0 Å². The highest BCUT2D eigenvalue weighted by molar-refractivity contribution is 6.29. The number of hydrogen-bond donors (Lipinski definition) is 1. The molecular formula is C10H13ClN2O3. The predicted octanol–water partition coefficient (Wildman–Crippen LogP) is 1.58. The van der Waals surface area contributed by atoms with Gasteiger partial charge in [0.05, 0.1) is 19.3 Å². The highest BCUT2D eigenvalue weighted by atomic mass is 35.5. The van der Waals surface area contributed by atoms with E-state index in [2.05, 4.69) is 15.0 Å².